The number of amides is 3. The fourth-order valence-corrected chi connectivity index (χ4v) is 4.36. The van der Waals surface area contributed by atoms with Crippen LogP contribution in [0.25, 0.3) is 0 Å². The van der Waals surface area contributed by atoms with Crippen molar-refractivity contribution >= 4 is 58.0 Å². The first-order valence-electron chi connectivity index (χ1n) is 11.9. The van der Waals surface area contributed by atoms with Gasteiger partial charge in [0.15, 0.2) is 0 Å². The lowest BCUT2D eigenvalue weighted by Crippen LogP contribution is -2.32. The predicted molar refractivity (Wildman–Crippen MR) is 152 cm³/mol. The van der Waals surface area contributed by atoms with Crippen molar-refractivity contribution in [1.82, 2.24) is 0 Å². The highest BCUT2D eigenvalue weighted by Gasteiger charge is 2.39. The molecule has 0 spiro atoms. The van der Waals surface area contributed by atoms with Gasteiger partial charge in [0, 0.05) is 16.9 Å². The molecular weight excluding hydrogens is 537 g/mol. The Morgan fingerprint density at radius 3 is 2.23 bits per heavy atom. The summed E-state index contributed by atoms with van der Waals surface area (Å²) in [6.07, 6.45) is 0. The number of para-hydroxylation sites is 1. The molecule has 0 aliphatic carbocycles. The van der Waals surface area contributed by atoms with Crippen molar-refractivity contribution in [2.75, 3.05) is 15.5 Å². The second-order valence-electron chi connectivity index (χ2n) is 8.54. The van der Waals surface area contributed by atoms with Crippen molar-refractivity contribution in [3.8, 4) is 5.75 Å². The fourth-order valence-electron chi connectivity index (χ4n) is 3.92. The van der Waals surface area contributed by atoms with E-state index in [1.165, 1.54) is 0 Å². The third-order valence-electron chi connectivity index (χ3n) is 5.88. The van der Waals surface area contributed by atoms with Crippen molar-refractivity contribution in [2.24, 2.45) is 0 Å². The number of imide groups is 1. The first kappa shape index (κ1) is 26.0. The van der Waals surface area contributed by atoms with Gasteiger partial charge in [0.25, 0.3) is 17.7 Å². The summed E-state index contributed by atoms with van der Waals surface area (Å²) in [5.74, 6) is -1.03. The smallest absolute Gasteiger partial charge is 0.283 e. The molecule has 39 heavy (non-hydrogen) atoms. The maximum atomic E-state index is 13.1. The molecule has 5 rings (SSSR count). The van der Waals surface area contributed by atoms with Crippen LogP contribution in [-0.4, -0.2) is 17.7 Å². The quantitative estimate of drug-likeness (QED) is 0.238. The Morgan fingerprint density at radius 1 is 0.769 bits per heavy atom. The zero-order chi connectivity index (χ0) is 27.4. The van der Waals surface area contributed by atoms with Gasteiger partial charge in [0.05, 0.1) is 10.7 Å². The highest BCUT2D eigenvalue weighted by atomic mass is 35.5. The Balaban J connectivity index is 1.24. The minimum atomic E-state index is -0.692. The zero-order valence-corrected chi connectivity index (χ0v) is 21.9. The van der Waals surface area contributed by atoms with Crippen molar-refractivity contribution in [2.45, 2.75) is 6.61 Å². The minimum Gasteiger partial charge on any atom is -0.489 e. The number of halogens is 2. The van der Waals surface area contributed by atoms with E-state index in [-0.39, 0.29) is 27.3 Å². The molecule has 194 valence electrons. The molecule has 0 atom stereocenters. The molecule has 1 aliphatic heterocycles. The van der Waals surface area contributed by atoms with Crippen LogP contribution in [0, 0.1) is 0 Å². The van der Waals surface area contributed by atoms with Crippen LogP contribution in [0.4, 0.5) is 17.1 Å². The van der Waals surface area contributed by atoms with E-state index < -0.39 is 11.8 Å². The molecule has 0 radical (unpaired) electrons. The number of anilines is 3. The molecule has 0 fully saturated rings. The van der Waals surface area contributed by atoms with E-state index in [2.05, 4.69) is 10.6 Å². The van der Waals surface area contributed by atoms with Crippen LogP contribution >= 0.6 is 23.2 Å². The third kappa shape index (κ3) is 5.80. The monoisotopic (exact) mass is 557 g/mol. The summed E-state index contributed by atoms with van der Waals surface area (Å²) < 4.78 is 5.78. The number of carbonyl (C=O) groups excluding carboxylic acids is 3. The SMILES string of the molecule is O=C(Nc1ccc(OCc2ccccc2)cc1)c1cccc(NC2=C(Cl)C(=O)N(c3ccccc3Cl)C2=O)c1. The number of nitrogens with zero attached hydrogens (tertiary/aromatic N) is 1. The molecule has 4 aromatic carbocycles. The topological polar surface area (TPSA) is 87.7 Å². The van der Waals surface area contributed by atoms with Crippen LogP contribution in [0.3, 0.4) is 0 Å². The molecule has 1 heterocycles. The van der Waals surface area contributed by atoms with E-state index in [4.69, 9.17) is 27.9 Å². The van der Waals surface area contributed by atoms with Gasteiger partial charge in [0.2, 0.25) is 0 Å². The van der Waals surface area contributed by atoms with Gasteiger partial charge < -0.3 is 15.4 Å². The molecule has 2 N–H and O–H groups in total. The van der Waals surface area contributed by atoms with Crippen molar-refractivity contribution in [1.29, 1.82) is 0 Å². The number of nitrogens with one attached hydrogen (secondary N) is 2. The molecular formula is C30H21Cl2N3O4. The molecule has 4 aromatic rings. The summed E-state index contributed by atoms with van der Waals surface area (Å²) in [7, 11) is 0. The summed E-state index contributed by atoms with van der Waals surface area (Å²) in [5, 5.41) is 5.68. The van der Waals surface area contributed by atoms with Gasteiger partial charge in [-0.1, -0.05) is 71.7 Å². The Kier molecular flexibility index (Phi) is 7.63. The van der Waals surface area contributed by atoms with E-state index >= 15 is 0 Å². The number of ether oxygens (including phenoxy) is 1. The molecule has 0 unspecified atom stereocenters. The van der Waals surface area contributed by atoms with Gasteiger partial charge in [-0.15, -0.1) is 0 Å². The second-order valence-corrected chi connectivity index (χ2v) is 9.33. The summed E-state index contributed by atoms with van der Waals surface area (Å²) in [5.41, 5.74) is 2.51. The molecule has 0 aromatic heterocycles. The fraction of sp³-hybridized carbons (Fsp3) is 0.0333. The minimum absolute atomic E-state index is 0.106. The Labute approximate surface area is 234 Å². The van der Waals surface area contributed by atoms with E-state index in [1.807, 2.05) is 30.3 Å². The van der Waals surface area contributed by atoms with Crippen LogP contribution in [0.2, 0.25) is 5.02 Å². The lowest BCUT2D eigenvalue weighted by atomic mass is 10.1. The highest BCUT2D eigenvalue weighted by molar-refractivity contribution is 6.53. The van der Waals surface area contributed by atoms with E-state index in [1.54, 1.807) is 72.8 Å². The average molecular weight is 558 g/mol. The van der Waals surface area contributed by atoms with Crippen molar-refractivity contribution in [3.63, 3.8) is 0 Å². The van der Waals surface area contributed by atoms with E-state index in [0.717, 1.165) is 10.5 Å². The summed E-state index contributed by atoms with van der Waals surface area (Å²) in [6, 6.07) is 29.8. The van der Waals surface area contributed by atoms with Gasteiger partial charge in [-0.3, -0.25) is 14.4 Å². The van der Waals surface area contributed by atoms with Gasteiger partial charge >= 0.3 is 0 Å². The molecule has 0 bridgehead atoms. The van der Waals surface area contributed by atoms with E-state index in [0.29, 0.717) is 29.3 Å². The normalized spacial score (nSPS) is 13.0. The molecule has 3 amide bonds. The maximum Gasteiger partial charge on any atom is 0.283 e. The second kappa shape index (κ2) is 11.4. The Hall–Kier alpha value is -4.59. The number of hydrogen-bond donors (Lipinski definition) is 2. The number of benzene rings is 4. The van der Waals surface area contributed by atoms with E-state index in [9.17, 15) is 14.4 Å². The van der Waals surface area contributed by atoms with Crippen molar-refractivity contribution in [3.05, 3.63) is 130 Å². The van der Waals surface area contributed by atoms with Crippen LogP contribution in [-0.2, 0) is 16.2 Å². The molecule has 7 nitrogen and oxygen atoms in total. The number of hydrogen-bond acceptors (Lipinski definition) is 5. The third-order valence-corrected chi connectivity index (χ3v) is 6.55. The maximum absolute atomic E-state index is 13.1. The van der Waals surface area contributed by atoms with Crippen LogP contribution in [0.5, 0.6) is 5.75 Å². The predicted octanol–water partition coefficient (Wildman–Crippen LogP) is 6.61. The first-order chi connectivity index (χ1) is 18.9. The lowest BCUT2D eigenvalue weighted by Gasteiger charge is -2.16. The van der Waals surface area contributed by atoms with Gasteiger partial charge in [-0.2, -0.15) is 0 Å². The Morgan fingerprint density at radius 2 is 1.49 bits per heavy atom. The van der Waals surface area contributed by atoms with Crippen LogP contribution in [0.15, 0.2) is 114 Å². The van der Waals surface area contributed by atoms with Gasteiger partial charge in [-0.05, 0) is 60.2 Å². The van der Waals surface area contributed by atoms with Crippen molar-refractivity contribution < 1.29 is 19.1 Å². The molecule has 1 aliphatic rings. The number of carbonyl (C=O) groups is 3. The molecule has 0 saturated carbocycles. The summed E-state index contributed by atoms with van der Waals surface area (Å²) in [4.78, 5) is 39.6. The lowest BCUT2D eigenvalue weighted by molar-refractivity contribution is -0.120. The molecule has 0 saturated heterocycles. The standard InChI is InChI=1S/C30H21Cl2N3O4/c31-24-11-4-5-12-25(24)35-29(37)26(32)27(30(35)38)33-22-10-6-9-20(17-22)28(36)34-21-13-15-23(16-14-21)39-18-19-7-2-1-3-8-19/h1-17,33H,18H2,(H,34,36). The van der Waals surface area contributed by atoms with Gasteiger partial charge in [-0.25, -0.2) is 4.90 Å². The summed E-state index contributed by atoms with van der Waals surface area (Å²) in [6.45, 7) is 0.442. The number of rotatable bonds is 8. The van der Waals surface area contributed by atoms with Crippen LogP contribution < -0.4 is 20.3 Å². The Bertz CT molecular complexity index is 1590. The first-order valence-corrected chi connectivity index (χ1v) is 12.6. The van der Waals surface area contributed by atoms with Crippen LogP contribution in [0.1, 0.15) is 15.9 Å². The highest BCUT2D eigenvalue weighted by Crippen LogP contribution is 2.34. The average Bonchev–Trinajstić information content (AvgIpc) is 3.16. The molecule has 9 heteroatoms. The van der Waals surface area contributed by atoms with Gasteiger partial charge in [0.1, 0.15) is 23.1 Å². The zero-order valence-electron chi connectivity index (χ0n) is 20.4. The largest absolute Gasteiger partial charge is 0.489 e. The summed E-state index contributed by atoms with van der Waals surface area (Å²) >= 11 is 12.4.